The van der Waals surface area contributed by atoms with E-state index in [4.69, 9.17) is 28.9 Å². The molecule has 0 aromatic heterocycles. The molecule has 4 rings (SSSR count). The Morgan fingerprint density at radius 3 is 2.00 bits per heavy atom. The molecule has 0 amide bonds. The van der Waals surface area contributed by atoms with E-state index in [-0.39, 0.29) is 11.0 Å². The van der Waals surface area contributed by atoms with Gasteiger partial charge in [0.25, 0.3) is 0 Å². The van der Waals surface area contributed by atoms with E-state index in [0.29, 0.717) is 0 Å². The van der Waals surface area contributed by atoms with Gasteiger partial charge in [-0.25, -0.2) is 0 Å². The molecule has 3 aliphatic carbocycles. The normalized spacial score (nSPS) is 38.8. The zero-order valence-corrected chi connectivity index (χ0v) is 9.20. The summed E-state index contributed by atoms with van der Waals surface area (Å²) < 4.78 is 0. The average molecular weight is 228 g/mol. The van der Waals surface area contributed by atoms with Crippen molar-refractivity contribution in [3.8, 4) is 0 Å². The highest BCUT2D eigenvalue weighted by molar-refractivity contribution is 6.36. The first kappa shape index (κ1) is 9.02. The van der Waals surface area contributed by atoms with Crippen molar-refractivity contribution in [1.82, 2.24) is 0 Å². The van der Waals surface area contributed by atoms with Crippen LogP contribution >= 0.6 is 23.2 Å². The molecule has 0 spiro atoms. The van der Waals surface area contributed by atoms with Crippen molar-refractivity contribution in [1.29, 1.82) is 0 Å². The lowest BCUT2D eigenvalue weighted by Gasteiger charge is -2.69. The van der Waals surface area contributed by atoms with Crippen LogP contribution in [0.5, 0.6) is 0 Å². The highest BCUT2D eigenvalue weighted by atomic mass is 35.5. The number of halogens is 2. The van der Waals surface area contributed by atoms with E-state index in [2.05, 4.69) is 0 Å². The van der Waals surface area contributed by atoms with Crippen molar-refractivity contribution < 1.29 is 0 Å². The second-order valence-corrected chi connectivity index (χ2v) is 5.58. The quantitative estimate of drug-likeness (QED) is 0.785. The summed E-state index contributed by atoms with van der Waals surface area (Å²) in [5.41, 5.74) is 7.46. The maximum absolute atomic E-state index is 6.17. The summed E-state index contributed by atoms with van der Waals surface area (Å²) in [6, 6.07) is 5.70. The molecule has 3 saturated carbocycles. The van der Waals surface area contributed by atoms with Crippen LogP contribution in [0.25, 0.3) is 0 Å². The van der Waals surface area contributed by atoms with Gasteiger partial charge in [-0.05, 0) is 37.0 Å². The van der Waals surface area contributed by atoms with Crippen LogP contribution in [0.4, 0.5) is 0 Å². The van der Waals surface area contributed by atoms with Gasteiger partial charge < -0.3 is 5.73 Å². The van der Waals surface area contributed by atoms with Gasteiger partial charge in [-0.3, -0.25) is 0 Å². The Labute approximate surface area is 93.2 Å². The second kappa shape index (κ2) is 2.46. The Morgan fingerprint density at radius 1 is 1.07 bits per heavy atom. The van der Waals surface area contributed by atoms with Gasteiger partial charge >= 0.3 is 0 Å². The maximum atomic E-state index is 6.17. The van der Waals surface area contributed by atoms with Gasteiger partial charge in [0.15, 0.2) is 0 Å². The SMILES string of the molecule is NC12CC(c3c(Cl)cccc3Cl)(C1)C2. The first-order chi connectivity index (χ1) is 6.55. The first-order valence-corrected chi connectivity index (χ1v) is 5.54. The largest absolute Gasteiger partial charge is 0.325 e. The molecule has 2 bridgehead atoms. The van der Waals surface area contributed by atoms with E-state index >= 15 is 0 Å². The minimum Gasteiger partial charge on any atom is -0.325 e. The van der Waals surface area contributed by atoms with E-state index in [1.54, 1.807) is 0 Å². The molecular weight excluding hydrogens is 217 g/mol. The molecule has 1 nitrogen and oxygen atoms in total. The molecule has 74 valence electrons. The standard InChI is InChI=1S/C11H11Cl2N/c12-7-2-1-3-8(13)9(7)10-4-11(14,5-10)6-10/h1-3H,4-6,14H2. The Kier molecular flexibility index (Phi) is 1.59. The lowest BCUT2D eigenvalue weighted by molar-refractivity contribution is -0.0588. The summed E-state index contributed by atoms with van der Waals surface area (Å²) in [5, 5.41) is 1.58. The number of nitrogens with two attached hydrogens (primary N) is 1. The highest BCUT2D eigenvalue weighted by Gasteiger charge is 2.67. The molecule has 0 radical (unpaired) electrons. The third kappa shape index (κ3) is 0.955. The molecule has 14 heavy (non-hydrogen) atoms. The van der Waals surface area contributed by atoms with E-state index in [9.17, 15) is 0 Å². The van der Waals surface area contributed by atoms with Gasteiger partial charge in [-0.2, -0.15) is 0 Å². The number of benzene rings is 1. The summed E-state index contributed by atoms with van der Waals surface area (Å²) in [7, 11) is 0. The molecule has 3 aliphatic rings. The third-order valence-corrected chi connectivity index (χ3v) is 4.19. The maximum Gasteiger partial charge on any atom is 0.0458 e. The zero-order valence-electron chi connectivity index (χ0n) is 7.69. The third-order valence-electron chi connectivity index (χ3n) is 3.56. The van der Waals surface area contributed by atoms with Gasteiger partial charge in [0, 0.05) is 21.0 Å². The van der Waals surface area contributed by atoms with Gasteiger partial charge in [0.2, 0.25) is 0 Å². The molecule has 1 aromatic rings. The van der Waals surface area contributed by atoms with Crippen LogP contribution in [-0.4, -0.2) is 5.54 Å². The van der Waals surface area contributed by atoms with Gasteiger partial charge in [0.1, 0.15) is 0 Å². The van der Waals surface area contributed by atoms with Gasteiger partial charge in [0.05, 0.1) is 0 Å². The van der Waals surface area contributed by atoms with E-state index in [1.165, 1.54) is 0 Å². The predicted molar refractivity (Wildman–Crippen MR) is 58.9 cm³/mol. The fourth-order valence-corrected chi connectivity index (χ4v) is 3.93. The molecule has 1 aromatic carbocycles. The molecule has 2 N–H and O–H groups in total. The smallest absolute Gasteiger partial charge is 0.0458 e. The minimum absolute atomic E-state index is 0.0997. The van der Waals surface area contributed by atoms with Crippen LogP contribution in [0.1, 0.15) is 24.8 Å². The Hall–Kier alpha value is -0.240. The van der Waals surface area contributed by atoms with E-state index < -0.39 is 0 Å². The zero-order chi connectivity index (χ0) is 9.97. The molecule has 3 fully saturated rings. The summed E-state index contributed by atoms with van der Waals surface area (Å²) in [4.78, 5) is 0. The van der Waals surface area contributed by atoms with Crippen LogP contribution in [0.3, 0.4) is 0 Å². The minimum atomic E-state index is 0.0997. The van der Waals surface area contributed by atoms with Crippen molar-refractivity contribution in [2.45, 2.75) is 30.2 Å². The van der Waals surface area contributed by atoms with E-state index in [0.717, 1.165) is 34.9 Å². The van der Waals surface area contributed by atoms with Crippen molar-refractivity contribution >= 4 is 23.2 Å². The van der Waals surface area contributed by atoms with Crippen LogP contribution in [0.2, 0.25) is 10.0 Å². The van der Waals surface area contributed by atoms with E-state index in [1.807, 2.05) is 18.2 Å². The summed E-state index contributed by atoms with van der Waals surface area (Å²) >= 11 is 12.3. The van der Waals surface area contributed by atoms with Gasteiger partial charge in [-0.15, -0.1) is 0 Å². The van der Waals surface area contributed by atoms with Crippen LogP contribution < -0.4 is 5.73 Å². The lowest BCUT2D eigenvalue weighted by atomic mass is 9.38. The van der Waals surface area contributed by atoms with Gasteiger partial charge in [-0.1, -0.05) is 29.3 Å². The number of hydrogen-bond donors (Lipinski definition) is 1. The molecule has 0 atom stereocenters. The number of hydrogen-bond acceptors (Lipinski definition) is 1. The summed E-state index contributed by atoms with van der Waals surface area (Å²) in [6.45, 7) is 0. The van der Waals surface area contributed by atoms with Crippen LogP contribution in [-0.2, 0) is 5.41 Å². The van der Waals surface area contributed by atoms with Crippen molar-refractivity contribution in [2.24, 2.45) is 5.73 Å². The average Bonchev–Trinajstić information content (AvgIpc) is 1.98. The molecule has 0 unspecified atom stereocenters. The molecular formula is C11H11Cl2N. The summed E-state index contributed by atoms with van der Waals surface area (Å²) in [5.74, 6) is 0. The highest BCUT2D eigenvalue weighted by Crippen LogP contribution is 2.68. The topological polar surface area (TPSA) is 26.0 Å². The fourth-order valence-electron chi connectivity index (χ4n) is 3.14. The summed E-state index contributed by atoms with van der Waals surface area (Å²) in [6.07, 6.45) is 3.14. The molecule has 0 heterocycles. The molecule has 0 aliphatic heterocycles. The molecule has 0 saturated heterocycles. The van der Waals surface area contributed by atoms with Crippen LogP contribution in [0.15, 0.2) is 18.2 Å². The lowest BCUT2D eigenvalue weighted by Crippen LogP contribution is -2.74. The van der Waals surface area contributed by atoms with Crippen molar-refractivity contribution in [3.63, 3.8) is 0 Å². The van der Waals surface area contributed by atoms with Crippen LogP contribution in [0, 0.1) is 0 Å². The van der Waals surface area contributed by atoms with Crippen molar-refractivity contribution in [2.75, 3.05) is 0 Å². The Balaban J connectivity index is 2.06. The van der Waals surface area contributed by atoms with Crippen molar-refractivity contribution in [3.05, 3.63) is 33.8 Å². The Bertz CT molecular complexity index is 374. The second-order valence-electron chi connectivity index (χ2n) is 4.77. The Morgan fingerprint density at radius 2 is 1.57 bits per heavy atom. The molecule has 3 heteroatoms. The fraction of sp³-hybridized carbons (Fsp3) is 0.455. The number of rotatable bonds is 1. The monoisotopic (exact) mass is 227 g/mol. The predicted octanol–water partition coefficient (Wildman–Crippen LogP) is 3.13. The first-order valence-electron chi connectivity index (χ1n) is 4.78.